The van der Waals surface area contributed by atoms with Gasteiger partial charge in [-0.05, 0) is 44.0 Å². The van der Waals surface area contributed by atoms with E-state index in [0.29, 0.717) is 30.1 Å². The number of imidazole rings is 1. The Morgan fingerprint density at radius 2 is 2.03 bits per heavy atom. The number of nitriles is 1. The average molecular weight is 409 g/mol. The number of morpholine rings is 1. The van der Waals surface area contributed by atoms with E-state index < -0.39 is 0 Å². The second-order valence-electron chi connectivity index (χ2n) is 7.45. The number of nitrogens with zero attached hydrogens (tertiary/aromatic N) is 4. The largest absolute Gasteiger partial charge is 0.372 e. The standard InChI is InChI=1S/C22H24N4O2S/c1-4-16-9-21(29-13-20(27)25-11-14(2)28-15(3)12-25)26-19-8-6-5-7-18(19)24-22(26)17(16)10-23/h5-9,14-15H,4,11-13H2,1-3H3/t14-,15-/m0/s1. The Morgan fingerprint density at radius 3 is 2.72 bits per heavy atom. The van der Waals surface area contributed by atoms with E-state index in [1.54, 1.807) is 0 Å². The van der Waals surface area contributed by atoms with Gasteiger partial charge in [0.1, 0.15) is 6.07 Å². The Morgan fingerprint density at radius 1 is 1.31 bits per heavy atom. The van der Waals surface area contributed by atoms with E-state index in [4.69, 9.17) is 9.72 Å². The molecule has 0 spiro atoms. The average Bonchev–Trinajstić information content (AvgIpc) is 3.10. The number of carbonyl (C=O) groups is 1. The normalized spacial score (nSPS) is 19.6. The highest BCUT2D eigenvalue weighted by Crippen LogP contribution is 2.30. The maximum atomic E-state index is 12.9. The maximum Gasteiger partial charge on any atom is 0.233 e. The molecule has 1 aliphatic rings. The number of fused-ring (bicyclic) bond motifs is 3. The first-order chi connectivity index (χ1) is 14.0. The van der Waals surface area contributed by atoms with Crippen LogP contribution in [-0.2, 0) is 16.0 Å². The predicted octanol–water partition coefficient (Wildman–Crippen LogP) is 3.65. The lowest BCUT2D eigenvalue weighted by Gasteiger charge is -2.35. The molecule has 0 unspecified atom stereocenters. The monoisotopic (exact) mass is 408 g/mol. The van der Waals surface area contributed by atoms with Crippen molar-refractivity contribution in [3.63, 3.8) is 0 Å². The molecule has 29 heavy (non-hydrogen) atoms. The number of para-hydroxylation sites is 2. The van der Waals surface area contributed by atoms with E-state index in [1.165, 1.54) is 11.8 Å². The van der Waals surface area contributed by atoms with Gasteiger partial charge in [-0.3, -0.25) is 9.20 Å². The molecule has 1 aromatic carbocycles. The molecule has 4 rings (SSSR count). The number of rotatable bonds is 4. The molecular weight excluding hydrogens is 384 g/mol. The van der Waals surface area contributed by atoms with Crippen molar-refractivity contribution in [1.82, 2.24) is 14.3 Å². The number of carbonyl (C=O) groups excluding carboxylic acids is 1. The fraction of sp³-hybridized carbons (Fsp3) is 0.409. The van der Waals surface area contributed by atoms with E-state index in [-0.39, 0.29) is 18.1 Å². The summed E-state index contributed by atoms with van der Waals surface area (Å²) >= 11 is 1.50. The molecule has 0 aliphatic carbocycles. The first-order valence-electron chi connectivity index (χ1n) is 9.91. The van der Waals surface area contributed by atoms with E-state index in [1.807, 2.05) is 60.4 Å². The zero-order valence-corrected chi connectivity index (χ0v) is 17.7. The van der Waals surface area contributed by atoms with Crippen molar-refractivity contribution in [1.29, 1.82) is 5.26 Å². The lowest BCUT2D eigenvalue weighted by atomic mass is 10.1. The van der Waals surface area contributed by atoms with Gasteiger partial charge in [0.15, 0.2) is 5.65 Å². The molecule has 150 valence electrons. The number of pyridine rings is 1. The van der Waals surface area contributed by atoms with Gasteiger partial charge in [-0.2, -0.15) is 5.26 Å². The van der Waals surface area contributed by atoms with Crippen LogP contribution in [0, 0.1) is 11.3 Å². The number of hydrogen-bond donors (Lipinski definition) is 0. The van der Waals surface area contributed by atoms with Gasteiger partial charge in [-0.1, -0.05) is 30.8 Å². The number of hydrogen-bond acceptors (Lipinski definition) is 5. The summed E-state index contributed by atoms with van der Waals surface area (Å²) in [5, 5.41) is 10.7. The number of benzene rings is 1. The van der Waals surface area contributed by atoms with Crippen molar-refractivity contribution in [3.8, 4) is 6.07 Å². The van der Waals surface area contributed by atoms with Gasteiger partial charge in [-0.25, -0.2) is 4.98 Å². The summed E-state index contributed by atoms with van der Waals surface area (Å²) < 4.78 is 7.75. The molecule has 2 atom stereocenters. The molecule has 1 saturated heterocycles. The summed E-state index contributed by atoms with van der Waals surface area (Å²) in [5.41, 5.74) is 4.03. The van der Waals surface area contributed by atoms with Crippen LogP contribution < -0.4 is 0 Å². The third-order valence-corrected chi connectivity index (χ3v) is 6.22. The zero-order chi connectivity index (χ0) is 20.5. The van der Waals surface area contributed by atoms with Crippen LogP contribution in [0.5, 0.6) is 0 Å². The Kier molecular flexibility index (Phi) is 5.48. The van der Waals surface area contributed by atoms with Crippen molar-refractivity contribution in [2.24, 2.45) is 0 Å². The lowest BCUT2D eigenvalue weighted by Crippen LogP contribution is -2.48. The zero-order valence-electron chi connectivity index (χ0n) is 16.9. The van der Waals surface area contributed by atoms with Gasteiger partial charge < -0.3 is 9.64 Å². The molecule has 7 heteroatoms. The molecule has 0 radical (unpaired) electrons. The van der Waals surface area contributed by atoms with E-state index in [2.05, 4.69) is 6.07 Å². The van der Waals surface area contributed by atoms with Crippen molar-refractivity contribution < 1.29 is 9.53 Å². The smallest absolute Gasteiger partial charge is 0.233 e. The molecule has 1 amide bonds. The van der Waals surface area contributed by atoms with Gasteiger partial charge in [0.05, 0.1) is 39.6 Å². The molecular formula is C22H24N4O2S. The van der Waals surface area contributed by atoms with Crippen molar-refractivity contribution in [2.75, 3.05) is 18.8 Å². The molecule has 3 heterocycles. The quantitative estimate of drug-likeness (QED) is 0.616. The van der Waals surface area contributed by atoms with Crippen LogP contribution in [0.25, 0.3) is 16.7 Å². The predicted molar refractivity (Wildman–Crippen MR) is 114 cm³/mol. The Bertz CT molecular complexity index is 1110. The fourth-order valence-electron chi connectivity index (χ4n) is 3.96. The van der Waals surface area contributed by atoms with E-state index in [9.17, 15) is 10.1 Å². The van der Waals surface area contributed by atoms with Gasteiger partial charge in [-0.15, -0.1) is 0 Å². The Balaban J connectivity index is 1.70. The van der Waals surface area contributed by atoms with Gasteiger partial charge >= 0.3 is 0 Å². The molecule has 2 aromatic heterocycles. The van der Waals surface area contributed by atoms with E-state index in [0.717, 1.165) is 28.0 Å². The van der Waals surface area contributed by atoms with Gasteiger partial charge in [0.25, 0.3) is 0 Å². The van der Waals surface area contributed by atoms with Crippen LogP contribution in [0.1, 0.15) is 31.9 Å². The van der Waals surface area contributed by atoms with Crippen LogP contribution in [0.3, 0.4) is 0 Å². The molecule has 0 bridgehead atoms. The van der Waals surface area contributed by atoms with Crippen molar-refractivity contribution >= 4 is 34.3 Å². The van der Waals surface area contributed by atoms with Crippen LogP contribution in [0.4, 0.5) is 0 Å². The van der Waals surface area contributed by atoms with Gasteiger partial charge in [0, 0.05) is 13.1 Å². The maximum absolute atomic E-state index is 12.9. The highest BCUT2D eigenvalue weighted by atomic mass is 32.2. The topological polar surface area (TPSA) is 70.6 Å². The molecule has 0 saturated carbocycles. The summed E-state index contributed by atoms with van der Waals surface area (Å²) in [5.74, 6) is 0.452. The number of aryl methyl sites for hydroxylation is 1. The molecule has 6 nitrogen and oxygen atoms in total. The van der Waals surface area contributed by atoms with Crippen LogP contribution in [0.2, 0.25) is 0 Å². The summed E-state index contributed by atoms with van der Waals surface area (Å²) in [4.78, 5) is 19.4. The molecule has 1 aliphatic heterocycles. The summed E-state index contributed by atoms with van der Waals surface area (Å²) in [6.07, 6.45) is 0.847. The number of thioether (sulfide) groups is 1. The first kappa shape index (κ1) is 19.7. The van der Waals surface area contributed by atoms with Crippen molar-refractivity contribution in [2.45, 2.75) is 44.4 Å². The summed E-state index contributed by atoms with van der Waals surface area (Å²) in [7, 11) is 0. The third kappa shape index (κ3) is 3.70. The first-order valence-corrected chi connectivity index (χ1v) is 10.9. The van der Waals surface area contributed by atoms with Crippen LogP contribution >= 0.6 is 11.8 Å². The Hall–Kier alpha value is -2.56. The number of ether oxygens (including phenoxy) is 1. The number of aromatic nitrogens is 2. The van der Waals surface area contributed by atoms with Gasteiger partial charge in [0.2, 0.25) is 5.91 Å². The molecule has 1 fully saturated rings. The van der Waals surface area contributed by atoms with E-state index >= 15 is 0 Å². The van der Waals surface area contributed by atoms with Crippen LogP contribution in [-0.4, -0.2) is 51.2 Å². The second kappa shape index (κ2) is 8.05. The highest BCUT2D eigenvalue weighted by Gasteiger charge is 2.26. The number of amides is 1. The lowest BCUT2D eigenvalue weighted by molar-refractivity contribution is -0.140. The minimum absolute atomic E-state index is 0.0543. The SMILES string of the molecule is CCc1cc(SCC(=O)N2C[C@H](C)O[C@@H](C)C2)n2c(nc3ccccc32)c1C#N. The van der Waals surface area contributed by atoms with Crippen molar-refractivity contribution in [3.05, 3.63) is 41.5 Å². The summed E-state index contributed by atoms with van der Waals surface area (Å²) in [6.45, 7) is 7.28. The summed E-state index contributed by atoms with van der Waals surface area (Å²) in [6, 6.07) is 12.2. The molecule has 3 aromatic rings. The minimum Gasteiger partial charge on any atom is -0.372 e. The fourth-order valence-corrected chi connectivity index (χ4v) is 4.95. The van der Waals surface area contributed by atoms with Crippen LogP contribution in [0.15, 0.2) is 35.4 Å². The second-order valence-corrected chi connectivity index (χ2v) is 8.45. The molecule has 0 N–H and O–H groups in total. The highest BCUT2D eigenvalue weighted by molar-refractivity contribution is 7.99. The Labute approximate surface area is 174 Å². The third-order valence-electron chi connectivity index (χ3n) is 5.23. The minimum atomic E-state index is 0.0543.